The summed E-state index contributed by atoms with van der Waals surface area (Å²) in [4.78, 5) is 19.2. The lowest BCUT2D eigenvalue weighted by atomic mass is 10.0. The van der Waals surface area contributed by atoms with Gasteiger partial charge in [-0.1, -0.05) is 84.9 Å². The van der Waals surface area contributed by atoms with Gasteiger partial charge >= 0.3 is 0 Å². The first-order valence-corrected chi connectivity index (χ1v) is 12.5. The first kappa shape index (κ1) is 26.0. The lowest BCUT2D eigenvalue weighted by molar-refractivity contribution is -0.127. The molecular formula is C32H33N3O2. The molecule has 0 unspecified atom stereocenters. The van der Waals surface area contributed by atoms with Crippen molar-refractivity contribution in [3.8, 4) is 11.1 Å². The lowest BCUT2D eigenvalue weighted by Gasteiger charge is -2.22. The van der Waals surface area contributed by atoms with Gasteiger partial charge in [-0.25, -0.2) is 0 Å². The summed E-state index contributed by atoms with van der Waals surface area (Å²) in [7, 11) is 1.71. The number of nitrogens with one attached hydrogen (secondary N) is 1. The van der Waals surface area contributed by atoms with Gasteiger partial charge in [-0.05, 0) is 45.5 Å². The molecule has 0 radical (unpaired) electrons. The van der Waals surface area contributed by atoms with Crippen LogP contribution in [-0.4, -0.2) is 36.1 Å². The van der Waals surface area contributed by atoms with E-state index < -0.39 is 0 Å². The minimum absolute atomic E-state index is 0.0357. The van der Waals surface area contributed by atoms with E-state index in [1.165, 1.54) is 11.1 Å². The zero-order valence-corrected chi connectivity index (χ0v) is 21.2. The second-order valence-electron chi connectivity index (χ2n) is 8.86. The number of benzene rings is 3. The topological polar surface area (TPSA) is 54.5 Å². The Bertz CT molecular complexity index is 1260. The molecule has 0 saturated heterocycles. The van der Waals surface area contributed by atoms with Crippen molar-refractivity contribution in [3.05, 3.63) is 132 Å². The number of amides is 1. The first-order valence-electron chi connectivity index (χ1n) is 12.5. The van der Waals surface area contributed by atoms with Crippen LogP contribution < -0.4 is 5.32 Å². The molecule has 1 heterocycles. The zero-order chi connectivity index (χ0) is 25.7. The average Bonchev–Trinajstić information content (AvgIpc) is 2.95. The molecule has 1 amide bonds. The smallest absolute Gasteiger partial charge is 0.247 e. The molecular weight excluding hydrogens is 458 g/mol. The summed E-state index contributed by atoms with van der Waals surface area (Å²) >= 11 is 0. The number of carbonyl (C=O) groups excluding carboxylic acids is 1. The average molecular weight is 492 g/mol. The summed E-state index contributed by atoms with van der Waals surface area (Å²) in [5, 5.41) is 3.37. The predicted octanol–water partition coefficient (Wildman–Crippen LogP) is 5.73. The van der Waals surface area contributed by atoms with Gasteiger partial charge in [0, 0.05) is 51.8 Å². The van der Waals surface area contributed by atoms with E-state index in [1.54, 1.807) is 25.6 Å². The van der Waals surface area contributed by atoms with Crippen molar-refractivity contribution in [1.82, 2.24) is 15.2 Å². The Morgan fingerprint density at radius 1 is 0.838 bits per heavy atom. The molecule has 0 aliphatic heterocycles. The molecule has 0 spiro atoms. The van der Waals surface area contributed by atoms with Gasteiger partial charge in [-0.15, -0.1) is 0 Å². The van der Waals surface area contributed by atoms with Crippen molar-refractivity contribution in [2.75, 3.05) is 20.3 Å². The number of hydrogen-bond donors (Lipinski definition) is 1. The van der Waals surface area contributed by atoms with Crippen LogP contribution in [0.1, 0.15) is 22.3 Å². The number of methoxy groups -OCH3 is 1. The van der Waals surface area contributed by atoms with E-state index in [0.29, 0.717) is 19.7 Å². The molecule has 188 valence electrons. The third kappa shape index (κ3) is 8.24. The highest BCUT2D eigenvalue weighted by molar-refractivity contribution is 5.91. The summed E-state index contributed by atoms with van der Waals surface area (Å²) < 4.78 is 5.07. The highest BCUT2D eigenvalue weighted by Gasteiger charge is 2.13. The number of rotatable bonds is 12. The summed E-state index contributed by atoms with van der Waals surface area (Å²) in [5.41, 5.74) is 6.63. The molecule has 1 N–H and O–H groups in total. The number of hydrogen-bond acceptors (Lipinski definition) is 4. The van der Waals surface area contributed by atoms with Crippen LogP contribution in [-0.2, 0) is 29.2 Å². The van der Waals surface area contributed by atoms with Crippen molar-refractivity contribution < 1.29 is 9.53 Å². The van der Waals surface area contributed by atoms with Crippen LogP contribution in [0.15, 0.2) is 109 Å². The molecule has 5 heteroatoms. The van der Waals surface area contributed by atoms with Crippen LogP contribution in [0, 0.1) is 0 Å². The lowest BCUT2D eigenvalue weighted by Crippen LogP contribution is -2.28. The van der Waals surface area contributed by atoms with Crippen LogP contribution in [0.25, 0.3) is 17.2 Å². The molecule has 37 heavy (non-hydrogen) atoms. The SMILES string of the molecule is COCCNCc1ccc(-c2ccc(CN(Cc3cccnc3)C(=O)C=Cc3ccccc3)cc2)cc1. The van der Waals surface area contributed by atoms with Crippen molar-refractivity contribution >= 4 is 12.0 Å². The van der Waals surface area contributed by atoms with E-state index >= 15 is 0 Å². The maximum Gasteiger partial charge on any atom is 0.247 e. The Hall–Kier alpha value is -4.06. The van der Waals surface area contributed by atoms with Crippen LogP contribution in [0.2, 0.25) is 0 Å². The fourth-order valence-electron chi connectivity index (χ4n) is 4.01. The van der Waals surface area contributed by atoms with Gasteiger partial charge < -0.3 is 15.0 Å². The highest BCUT2D eigenvalue weighted by Crippen LogP contribution is 2.21. The van der Waals surface area contributed by atoms with E-state index in [0.717, 1.165) is 35.3 Å². The standard InChI is InChI=1S/C32H33N3O2/c1-37-21-20-34-22-27-9-14-30(15-10-27)31-16-11-28(12-17-31)24-35(25-29-8-5-19-33-23-29)32(36)18-13-26-6-3-2-4-7-26/h2-19,23,34H,20-22,24-25H2,1H3. The Balaban J connectivity index is 1.43. The van der Waals surface area contributed by atoms with E-state index in [-0.39, 0.29) is 5.91 Å². The van der Waals surface area contributed by atoms with Crippen molar-refractivity contribution in [2.24, 2.45) is 0 Å². The van der Waals surface area contributed by atoms with Crippen molar-refractivity contribution in [1.29, 1.82) is 0 Å². The molecule has 0 atom stereocenters. The van der Waals surface area contributed by atoms with Crippen molar-refractivity contribution in [3.63, 3.8) is 0 Å². The normalized spacial score (nSPS) is 11.1. The monoisotopic (exact) mass is 491 g/mol. The molecule has 0 bridgehead atoms. The fourth-order valence-corrected chi connectivity index (χ4v) is 4.01. The van der Waals surface area contributed by atoms with Gasteiger partial charge in [-0.2, -0.15) is 0 Å². The molecule has 1 aromatic heterocycles. The fraction of sp³-hybridized carbons (Fsp3) is 0.188. The molecule has 0 saturated carbocycles. The van der Waals surface area contributed by atoms with Gasteiger partial charge in [0.25, 0.3) is 0 Å². The van der Waals surface area contributed by atoms with Crippen molar-refractivity contribution in [2.45, 2.75) is 19.6 Å². The number of carbonyl (C=O) groups is 1. The maximum atomic E-state index is 13.2. The molecule has 4 aromatic rings. The van der Waals surface area contributed by atoms with Crippen LogP contribution in [0.5, 0.6) is 0 Å². The maximum absolute atomic E-state index is 13.2. The summed E-state index contributed by atoms with van der Waals surface area (Å²) in [5.74, 6) is -0.0357. The quantitative estimate of drug-likeness (QED) is 0.203. The van der Waals surface area contributed by atoms with E-state index in [1.807, 2.05) is 53.4 Å². The van der Waals surface area contributed by atoms with E-state index in [4.69, 9.17) is 4.74 Å². The highest BCUT2D eigenvalue weighted by atomic mass is 16.5. The minimum Gasteiger partial charge on any atom is -0.383 e. The molecule has 5 nitrogen and oxygen atoms in total. The molecule has 0 aliphatic carbocycles. The number of aromatic nitrogens is 1. The first-order chi connectivity index (χ1) is 18.2. The molecule has 0 aliphatic rings. The van der Waals surface area contributed by atoms with Gasteiger partial charge in [0.15, 0.2) is 0 Å². The Kier molecular flexibility index (Phi) is 9.76. The Labute approximate surface area is 219 Å². The Morgan fingerprint density at radius 3 is 2.16 bits per heavy atom. The van der Waals surface area contributed by atoms with Crippen LogP contribution in [0.4, 0.5) is 0 Å². The van der Waals surface area contributed by atoms with Gasteiger partial charge in [-0.3, -0.25) is 9.78 Å². The third-order valence-electron chi connectivity index (χ3n) is 6.05. The Morgan fingerprint density at radius 2 is 1.51 bits per heavy atom. The summed E-state index contributed by atoms with van der Waals surface area (Å²) in [6.45, 7) is 3.37. The minimum atomic E-state index is -0.0357. The van der Waals surface area contributed by atoms with Gasteiger partial charge in [0.1, 0.15) is 0 Å². The number of nitrogens with zero attached hydrogens (tertiary/aromatic N) is 2. The third-order valence-corrected chi connectivity index (χ3v) is 6.05. The summed E-state index contributed by atoms with van der Waals surface area (Å²) in [6.07, 6.45) is 7.05. The zero-order valence-electron chi connectivity index (χ0n) is 21.2. The van der Waals surface area contributed by atoms with E-state index in [2.05, 4.69) is 58.8 Å². The number of ether oxygens (including phenoxy) is 1. The van der Waals surface area contributed by atoms with Gasteiger partial charge in [0.05, 0.1) is 6.61 Å². The van der Waals surface area contributed by atoms with Gasteiger partial charge in [0.2, 0.25) is 5.91 Å². The second-order valence-corrected chi connectivity index (χ2v) is 8.86. The summed E-state index contributed by atoms with van der Waals surface area (Å²) in [6, 6.07) is 30.8. The van der Waals surface area contributed by atoms with Crippen LogP contribution in [0.3, 0.4) is 0 Å². The molecule has 4 rings (SSSR count). The second kappa shape index (κ2) is 13.9. The van der Waals surface area contributed by atoms with Crippen LogP contribution >= 0.6 is 0 Å². The predicted molar refractivity (Wildman–Crippen MR) is 149 cm³/mol. The largest absolute Gasteiger partial charge is 0.383 e. The number of pyridine rings is 1. The van der Waals surface area contributed by atoms with E-state index in [9.17, 15) is 4.79 Å². The molecule has 3 aromatic carbocycles. The molecule has 0 fully saturated rings.